The van der Waals surface area contributed by atoms with Gasteiger partial charge in [0, 0.05) is 12.7 Å². The molecule has 2 atom stereocenters. The zero-order valence-corrected chi connectivity index (χ0v) is 14.3. The third-order valence-electron chi connectivity index (χ3n) is 3.98. The first kappa shape index (κ1) is 17.8. The summed E-state index contributed by atoms with van der Waals surface area (Å²) in [6.45, 7) is 2.60. The topological polar surface area (TPSA) is 77.0 Å². The van der Waals surface area contributed by atoms with Gasteiger partial charge in [0.1, 0.15) is 11.6 Å². The van der Waals surface area contributed by atoms with Gasteiger partial charge < -0.3 is 4.74 Å². The molecule has 0 spiro atoms. The maximum absolute atomic E-state index is 13.8. The standard InChI is InChI=1S/C16H17F2N3O3S/c1-9(14(22)12-5-4-10(17)7-13(12)18)25-16-20-19-15(23)21(16)8-11-3-2-6-24-11/h4-5,7,9,11H,2-3,6,8H2,1H3,(H,19,23). The minimum atomic E-state index is -0.906. The summed E-state index contributed by atoms with van der Waals surface area (Å²) < 4.78 is 33.7. The number of aromatic amines is 1. The predicted molar refractivity (Wildman–Crippen MR) is 87.8 cm³/mol. The monoisotopic (exact) mass is 369 g/mol. The molecule has 9 heteroatoms. The number of aromatic nitrogens is 3. The predicted octanol–water partition coefficient (Wildman–Crippen LogP) is 2.39. The van der Waals surface area contributed by atoms with Crippen molar-refractivity contribution in [3.05, 3.63) is 45.9 Å². The number of H-pyrrole nitrogens is 1. The van der Waals surface area contributed by atoms with Gasteiger partial charge in [-0.25, -0.2) is 18.7 Å². The molecule has 1 aliphatic heterocycles. The van der Waals surface area contributed by atoms with E-state index in [0.717, 1.165) is 36.7 Å². The Kier molecular flexibility index (Phi) is 5.33. The van der Waals surface area contributed by atoms with Gasteiger partial charge in [0.15, 0.2) is 10.9 Å². The summed E-state index contributed by atoms with van der Waals surface area (Å²) >= 11 is 1.05. The fraction of sp³-hybridized carbons (Fsp3) is 0.438. The number of rotatable bonds is 6. The van der Waals surface area contributed by atoms with Crippen molar-refractivity contribution in [2.45, 2.75) is 42.8 Å². The van der Waals surface area contributed by atoms with E-state index in [9.17, 15) is 18.4 Å². The molecule has 3 rings (SSSR count). The lowest BCUT2D eigenvalue weighted by Crippen LogP contribution is -2.25. The first-order chi connectivity index (χ1) is 12.0. The van der Waals surface area contributed by atoms with Crippen molar-refractivity contribution < 1.29 is 18.3 Å². The Hall–Kier alpha value is -2.00. The van der Waals surface area contributed by atoms with Crippen molar-refractivity contribution >= 4 is 17.5 Å². The summed E-state index contributed by atoms with van der Waals surface area (Å²) in [5.74, 6) is -2.15. The highest BCUT2D eigenvalue weighted by Crippen LogP contribution is 2.25. The van der Waals surface area contributed by atoms with Gasteiger partial charge in [0.05, 0.1) is 23.5 Å². The van der Waals surface area contributed by atoms with E-state index < -0.39 is 22.7 Å². The molecule has 1 aromatic carbocycles. The average molecular weight is 369 g/mol. The number of carbonyl (C=O) groups excluding carboxylic acids is 1. The van der Waals surface area contributed by atoms with Crippen LogP contribution in [-0.4, -0.2) is 38.5 Å². The third kappa shape index (κ3) is 3.98. The molecule has 0 bridgehead atoms. The molecular weight excluding hydrogens is 352 g/mol. The van der Waals surface area contributed by atoms with Crippen molar-refractivity contribution in [1.29, 1.82) is 0 Å². The van der Waals surface area contributed by atoms with E-state index >= 15 is 0 Å². The van der Waals surface area contributed by atoms with Crippen LogP contribution >= 0.6 is 11.8 Å². The van der Waals surface area contributed by atoms with Gasteiger partial charge in [-0.05, 0) is 31.9 Å². The lowest BCUT2D eigenvalue weighted by Gasteiger charge is -2.13. The molecule has 0 saturated carbocycles. The van der Waals surface area contributed by atoms with Crippen molar-refractivity contribution in [2.75, 3.05) is 6.61 Å². The van der Waals surface area contributed by atoms with E-state index in [4.69, 9.17) is 4.74 Å². The van der Waals surface area contributed by atoms with Crippen LogP contribution in [0.5, 0.6) is 0 Å². The molecule has 2 unspecified atom stereocenters. The lowest BCUT2D eigenvalue weighted by molar-refractivity contribution is 0.0941. The molecule has 1 aliphatic rings. The molecule has 6 nitrogen and oxygen atoms in total. The summed E-state index contributed by atoms with van der Waals surface area (Å²) in [5, 5.41) is 5.94. The molecule has 1 aromatic heterocycles. The second kappa shape index (κ2) is 7.49. The number of halogens is 2. The van der Waals surface area contributed by atoms with Crippen LogP contribution in [0.2, 0.25) is 0 Å². The van der Waals surface area contributed by atoms with E-state index in [2.05, 4.69) is 10.2 Å². The Bertz CT molecular complexity index is 830. The highest BCUT2D eigenvalue weighted by molar-refractivity contribution is 8.00. The SMILES string of the molecule is CC(Sc1n[nH]c(=O)n1CC1CCCO1)C(=O)c1ccc(F)cc1F. The average Bonchev–Trinajstić information content (AvgIpc) is 3.19. The van der Waals surface area contributed by atoms with Crippen molar-refractivity contribution in [3.8, 4) is 0 Å². The molecule has 0 aliphatic carbocycles. The van der Waals surface area contributed by atoms with Crippen LogP contribution < -0.4 is 5.69 Å². The number of benzene rings is 1. The Morgan fingerprint density at radius 3 is 3.00 bits per heavy atom. The van der Waals surface area contributed by atoms with Gasteiger partial charge in [0.2, 0.25) is 0 Å². The second-order valence-corrected chi connectivity index (χ2v) is 7.11. The zero-order valence-electron chi connectivity index (χ0n) is 13.5. The van der Waals surface area contributed by atoms with Gasteiger partial charge in [-0.1, -0.05) is 11.8 Å². The highest BCUT2D eigenvalue weighted by Gasteiger charge is 2.25. The Balaban J connectivity index is 1.75. The smallest absolute Gasteiger partial charge is 0.344 e. The van der Waals surface area contributed by atoms with E-state index in [1.54, 1.807) is 6.92 Å². The summed E-state index contributed by atoms with van der Waals surface area (Å²) in [5.41, 5.74) is -0.574. The summed E-state index contributed by atoms with van der Waals surface area (Å²) in [6, 6.07) is 2.83. The van der Waals surface area contributed by atoms with Gasteiger partial charge in [-0.15, -0.1) is 5.10 Å². The number of nitrogens with one attached hydrogen (secondary N) is 1. The van der Waals surface area contributed by atoms with Crippen LogP contribution in [0.15, 0.2) is 28.2 Å². The first-order valence-electron chi connectivity index (χ1n) is 7.88. The lowest BCUT2D eigenvalue weighted by atomic mass is 10.1. The first-order valence-corrected chi connectivity index (χ1v) is 8.76. The highest BCUT2D eigenvalue weighted by atomic mass is 32.2. The number of carbonyl (C=O) groups is 1. The van der Waals surface area contributed by atoms with E-state index in [1.165, 1.54) is 4.57 Å². The van der Waals surface area contributed by atoms with Crippen molar-refractivity contribution in [1.82, 2.24) is 14.8 Å². The van der Waals surface area contributed by atoms with Crippen LogP contribution in [0.25, 0.3) is 0 Å². The molecule has 25 heavy (non-hydrogen) atoms. The summed E-state index contributed by atoms with van der Waals surface area (Å²) in [6.07, 6.45) is 1.74. The van der Waals surface area contributed by atoms with E-state index in [-0.39, 0.29) is 17.4 Å². The maximum atomic E-state index is 13.8. The van der Waals surface area contributed by atoms with Gasteiger partial charge in [-0.2, -0.15) is 0 Å². The van der Waals surface area contributed by atoms with Gasteiger partial charge in [0.25, 0.3) is 0 Å². The number of ketones is 1. The molecule has 2 heterocycles. The Morgan fingerprint density at radius 2 is 2.32 bits per heavy atom. The number of hydrogen-bond acceptors (Lipinski definition) is 5. The maximum Gasteiger partial charge on any atom is 0.344 e. The number of ether oxygens (including phenoxy) is 1. The minimum absolute atomic E-state index is 0.0600. The van der Waals surface area contributed by atoms with E-state index in [0.29, 0.717) is 24.4 Å². The van der Waals surface area contributed by atoms with Crippen LogP contribution in [0, 0.1) is 11.6 Å². The fourth-order valence-corrected chi connectivity index (χ4v) is 3.60. The molecule has 1 fully saturated rings. The molecular formula is C16H17F2N3O3S. The molecule has 2 aromatic rings. The quantitative estimate of drug-likeness (QED) is 0.625. The van der Waals surface area contributed by atoms with Crippen LogP contribution in [0.4, 0.5) is 8.78 Å². The minimum Gasteiger partial charge on any atom is -0.376 e. The molecule has 134 valence electrons. The van der Waals surface area contributed by atoms with E-state index in [1.807, 2.05) is 0 Å². The zero-order chi connectivity index (χ0) is 18.0. The summed E-state index contributed by atoms with van der Waals surface area (Å²) in [4.78, 5) is 24.3. The van der Waals surface area contributed by atoms with Crippen molar-refractivity contribution in [3.63, 3.8) is 0 Å². The number of Topliss-reactive ketones (excluding diaryl/α,β-unsaturated/α-hetero) is 1. The molecule has 0 amide bonds. The normalized spacial score (nSPS) is 18.4. The van der Waals surface area contributed by atoms with Gasteiger partial charge in [-0.3, -0.25) is 9.36 Å². The summed E-state index contributed by atoms with van der Waals surface area (Å²) in [7, 11) is 0. The third-order valence-corrected chi connectivity index (χ3v) is 5.07. The molecule has 1 N–H and O–H groups in total. The van der Waals surface area contributed by atoms with Crippen LogP contribution in [-0.2, 0) is 11.3 Å². The van der Waals surface area contributed by atoms with Gasteiger partial charge >= 0.3 is 5.69 Å². The van der Waals surface area contributed by atoms with Crippen molar-refractivity contribution in [2.24, 2.45) is 0 Å². The molecule has 1 saturated heterocycles. The van der Waals surface area contributed by atoms with Crippen LogP contribution in [0.1, 0.15) is 30.1 Å². The molecule has 0 radical (unpaired) electrons. The number of hydrogen-bond donors (Lipinski definition) is 1. The Labute approximate surface area is 146 Å². The second-order valence-electron chi connectivity index (χ2n) is 5.81. The number of thioether (sulfide) groups is 1. The largest absolute Gasteiger partial charge is 0.376 e. The fourth-order valence-electron chi connectivity index (χ4n) is 2.67. The van der Waals surface area contributed by atoms with Crippen LogP contribution in [0.3, 0.4) is 0 Å². The Morgan fingerprint density at radius 1 is 1.52 bits per heavy atom. The number of nitrogens with zero attached hydrogens (tertiary/aromatic N) is 2.